The SMILES string of the molecule is Cc1cnc(CN2CCCC2c2nc(N)c3[nH]cnc3n2)s1. The Morgan fingerprint density at radius 1 is 1.41 bits per heavy atom. The predicted octanol–water partition coefficient (Wildman–Crippen LogP) is 2.04. The van der Waals surface area contributed by atoms with E-state index in [-0.39, 0.29) is 6.04 Å². The number of thiazole rings is 1. The van der Waals surface area contributed by atoms with Gasteiger partial charge in [-0.15, -0.1) is 11.3 Å². The fourth-order valence-corrected chi connectivity index (χ4v) is 3.79. The molecule has 4 heterocycles. The largest absolute Gasteiger partial charge is 0.382 e. The van der Waals surface area contributed by atoms with Gasteiger partial charge in [0.15, 0.2) is 17.3 Å². The van der Waals surface area contributed by atoms with Crippen LogP contribution in [-0.2, 0) is 6.54 Å². The number of hydrogen-bond donors (Lipinski definition) is 2. The Morgan fingerprint density at radius 3 is 3.14 bits per heavy atom. The van der Waals surface area contributed by atoms with E-state index < -0.39 is 0 Å². The van der Waals surface area contributed by atoms with E-state index in [1.807, 2.05) is 6.20 Å². The maximum Gasteiger partial charge on any atom is 0.183 e. The fourth-order valence-electron chi connectivity index (χ4n) is 2.98. The third kappa shape index (κ3) is 2.34. The minimum Gasteiger partial charge on any atom is -0.382 e. The quantitative estimate of drug-likeness (QED) is 0.767. The lowest BCUT2D eigenvalue weighted by atomic mass is 10.2. The summed E-state index contributed by atoms with van der Waals surface area (Å²) in [6.45, 7) is 3.95. The van der Waals surface area contributed by atoms with Gasteiger partial charge in [0.05, 0.1) is 18.9 Å². The maximum absolute atomic E-state index is 6.02. The van der Waals surface area contributed by atoms with Gasteiger partial charge in [-0.05, 0) is 26.3 Å². The van der Waals surface area contributed by atoms with E-state index in [1.54, 1.807) is 17.7 Å². The summed E-state index contributed by atoms with van der Waals surface area (Å²) in [6, 6.07) is 0.188. The molecule has 4 rings (SSSR count). The van der Waals surface area contributed by atoms with E-state index in [2.05, 4.69) is 36.7 Å². The lowest BCUT2D eigenvalue weighted by Crippen LogP contribution is -2.24. The van der Waals surface area contributed by atoms with Crippen molar-refractivity contribution in [2.45, 2.75) is 32.4 Å². The number of imidazole rings is 1. The second-order valence-corrected chi connectivity index (χ2v) is 6.88. The summed E-state index contributed by atoms with van der Waals surface area (Å²) in [6.07, 6.45) is 5.70. The molecule has 1 aliphatic heterocycles. The molecule has 1 aliphatic rings. The van der Waals surface area contributed by atoms with E-state index in [4.69, 9.17) is 5.73 Å². The van der Waals surface area contributed by atoms with Crippen molar-refractivity contribution in [3.05, 3.63) is 28.2 Å². The molecule has 0 spiro atoms. The number of likely N-dealkylation sites (tertiary alicyclic amines) is 1. The Labute approximate surface area is 131 Å². The normalized spacial score (nSPS) is 19.2. The molecule has 0 amide bonds. The predicted molar refractivity (Wildman–Crippen MR) is 85.3 cm³/mol. The molecular formula is C14H17N7S. The minimum absolute atomic E-state index is 0.188. The first-order chi connectivity index (χ1) is 10.7. The summed E-state index contributed by atoms with van der Waals surface area (Å²) in [5.41, 5.74) is 7.37. The molecule has 0 bridgehead atoms. The van der Waals surface area contributed by atoms with Crippen LogP contribution in [0, 0.1) is 6.92 Å². The molecule has 8 heteroatoms. The van der Waals surface area contributed by atoms with E-state index in [0.717, 1.165) is 36.8 Å². The van der Waals surface area contributed by atoms with Crippen LogP contribution in [-0.4, -0.2) is 36.4 Å². The number of nitrogen functional groups attached to an aromatic ring is 1. The number of nitrogens with two attached hydrogens (primary N) is 1. The van der Waals surface area contributed by atoms with Gasteiger partial charge in [0.1, 0.15) is 10.5 Å². The van der Waals surface area contributed by atoms with Gasteiger partial charge in [-0.3, -0.25) is 4.90 Å². The van der Waals surface area contributed by atoms with Gasteiger partial charge in [-0.25, -0.2) is 19.9 Å². The molecule has 0 aliphatic carbocycles. The van der Waals surface area contributed by atoms with Crippen molar-refractivity contribution in [1.82, 2.24) is 29.8 Å². The first-order valence-corrected chi connectivity index (χ1v) is 8.14. The number of H-pyrrole nitrogens is 1. The number of nitrogens with zero attached hydrogens (tertiary/aromatic N) is 5. The summed E-state index contributed by atoms with van der Waals surface area (Å²) in [7, 11) is 0. The number of aryl methyl sites for hydroxylation is 1. The van der Waals surface area contributed by atoms with Gasteiger partial charge < -0.3 is 10.7 Å². The second-order valence-electron chi connectivity index (χ2n) is 5.56. The molecule has 22 heavy (non-hydrogen) atoms. The van der Waals surface area contributed by atoms with E-state index in [9.17, 15) is 0 Å². The molecule has 114 valence electrons. The van der Waals surface area contributed by atoms with Gasteiger partial charge in [-0.2, -0.15) is 0 Å². The summed E-state index contributed by atoms with van der Waals surface area (Å²) in [5, 5.41) is 1.14. The van der Waals surface area contributed by atoms with Gasteiger partial charge >= 0.3 is 0 Å². The number of aromatic amines is 1. The number of hydrogen-bond acceptors (Lipinski definition) is 7. The molecule has 7 nitrogen and oxygen atoms in total. The monoisotopic (exact) mass is 315 g/mol. The molecule has 3 aromatic rings. The van der Waals surface area contributed by atoms with E-state index in [1.165, 1.54) is 4.88 Å². The Morgan fingerprint density at radius 2 is 2.32 bits per heavy atom. The molecular weight excluding hydrogens is 298 g/mol. The maximum atomic E-state index is 6.02. The highest BCUT2D eigenvalue weighted by Gasteiger charge is 2.29. The number of fused-ring (bicyclic) bond motifs is 1. The first kappa shape index (κ1) is 13.6. The van der Waals surface area contributed by atoms with E-state index >= 15 is 0 Å². The average Bonchev–Trinajstić information content (AvgIpc) is 3.19. The molecule has 1 unspecified atom stereocenters. The third-order valence-corrected chi connectivity index (χ3v) is 4.90. The van der Waals surface area contributed by atoms with Gasteiger partial charge in [0, 0.05) is 11.1 Å². The van der Waals surface area contributed by atoms with Gasteiger partial charge in [0.25, 0.3) is 0 Å². The fraction of sp³-hybridized carbons (Fsp3) is 0.429. The van der Waals surface area contributed by atoms with Crippen LogP contribution in [0.4, 0.5) is 5.82 Å². The van der Waals surface area contributed by atoms with Crippen LogP contribution in [0.3, 0.4) is 0 Å². The molecule has 1 atom stereocenters. The van der Waals surface area contributed by atoms with Crippen LogP contribution in [0.5, 0.6) is 0 Å². The zero-order valence-electron chi connectivity index (χ0n) is 12.3. The van der Waals surface area contributed by atoms with Crippen LogP contribution in [0.2, 0.25) is 0 Å². The topological polar surface area (TPSA) is 96.6 Å². The Bertz CT molecular complexity index is 808. The molecule has 1 saturated heterocycles. The lowest BCUT2D eigenvalue weighted by Gasteiger charge is -2.22. The van der Waals surface area contributed by atoms with Gasteiger partial charge in [-0.1, -0.05) is 0 Å². The standard InChI is InChI=1S/C14H17N7S/c1-8-5-16-10(22-8)6-21-4-2-3-9(21)13-19-12(15)11-14(20-13)18-7-17-11/h5,7,9H,2-4,6H2,1H3,(H3,15,17,18,19,20). The zero-order chi connectivity index (χ0) is 15.1. The van der Waals surface area contributed by atoms with Crippen molar-refractivity contribution in [3.63, 3.8) is 0 Å². The van der Waals surface area contributed by atoms with Crippen LogP contribution in [0.25, 0.3) is 11.2 Å². The first-order valence-electron chi connectivity index (χ1n) is 7.32. The zero-order valence-corrected chi connectivity index (χ0v) is 13.1. The molecule has 3 aromatic heterocycles. The van der Waals surface area contributed by atoms with Crippen LogP contribution < -0.4 is 5.73 Å². The van der Waals surface area contributed by atoms with Crippen molar-refractivity contribution in [2.75, 3.05) is 12.3 Å². The highest BCUT2D eigenvalue weighted by Crippen LogP contribution is 2.33. The highest BCUT2D eigenvalue weighted by atomic mass is 32.1. The smallest absolute Gasteiger partial charge is 0.183 e. The van der Waals surface area contributed by atoms with E-state index in [0.29, 0.717) is 17.0 Å². The Hall–Kier alpha value is -2.06. The second kappa shape index (κ2) is 5.29. The molecule has 0 radical (unpaired) electrons. The number of aromatic nitrogens is 5. The number of nitrogens with one attached hydrogen (secondary N) is 1. The highest BCUT2D eigenvalue weighted by molar-refractivity contribution is 7.11. The van der Waals surface area contributed by atoms with Crippen molar-refractivity contribution >= 4 is 28.3 Å². The van der Waals surface area contributed by atoms with Crippen molar-refractivity contribution in [1.29, 1.82) is 0 Å². The Kier molecular flexibility index (Phi) is 3.27. The average molecular weight is 315 g/mol. The summed E-state index contributed by atoms with van der Waals surface area (Å²) >= 11 is 1.74. The third-order valence-electron chi connectivity index (χ3n) is 4.00. The summed E-state index contributed by atoms with van der Waals surface area (Å²) < 4.78 is 0. The summed E-state index contributed by atoms with van der Waals surface area (Å²) in [5.74, 6) is 1.23. The minimum atomic E-state index is 0.188. The summed E-state index contributed by atoms with van der Waals surface area (Å²) in [4.78, 5) is 24.3. The molecule has 1 fully saturated rings. The molecule has 0 aromatic carbocycles. The van der Waals surface area contributed by atoms with Crippen LogP contribution >= 0.6 is 11.3 Å². The van der Waals surface area contributed by atoms with Crippen molar-refractivity contribution < 1.29 is 0 Å². The molecule has 0 saturated carbocycles. The van der Waals surface area contributed by atoms with Crippen molar-refractivity contribution in [3.8, 4) is 0 Å². The molecule has 3 N–H and O–H groups in total. The lowest BCUT2D eigenvalue weighted by molar-refractivity contribution is 0.240. The van der Waals surface area contributed by atoms with Gasteiger partial charge in [0.2, 0.25) is 0 Å². The van der Waals surface area contributed by atoms with Crippen molar-refractivity contribution in [2.24, 2.45) is 0 Å². The van der Waals surface area contributed by atoms with Crippen LogP contribution in [0.1, 0.15) is 34.6 Å². The van der Waals surface area contributed by atoms with Crippen LogP contribution in [0.15, 0.2) is 12.5 Å². The number of rotatable bonds is 3. The number of anilines is 1. The Balaban J connectivity index is 1.64.